The van der Waals surface area contributed by atoms with E-state index in [1.165, 1.54) is 0 Å². The number of carbonyl (C=O) groups excluding carboxylic acids is 2. The van der Waals surface area contributed by atoms with E-state index in [1.54, 1.807) is 11.8 Å². The van der Waals surface area contributed by atoms with E-state index in [-0.39, 0.29) is 28.7 Å². The van der Waals surface area contributed by atoms with E-state index in [9.17, 15) is 9.59 Å². The summed E-state index contributed by atoms with van der Waals surface area (Å²) in [4.78, 5) is 22.5. The second kappa shape index (κ2) is 8.55. The van der Waals surface area contributed by atoms with E-state index in [1.807, 2.05) is 6.26 Å². The number of ether oxygens (including phenoxy) is 1. The van der Waals surface area contributed by atoms with Crippen molar-refractivity contribution in [3.63, 3.8) is 0 Å². The number of hydrogen-bond acceptors (Lipinski definition) is 4. The molecule has 0 bridgehead atoms. The highest BCUT2D eigenvalue weighted by molar-refractivity contribution is 7.99. The average Bonchev–Trinajstić information content (AvgIpc) is 2.35. The average molecular weight is 303 g/mol. The number of hydrogen-bond donors (Lipinski definition) is 1. The Labute approximate surface area is 127 Å². The Hall–Kier alpha value is -0.710. The molecular weight excluding hydrogens is 274 g/mol. The fourth-order valence-corrected chi connectivity index (χ4v) is 2.19. The van der Waals surface area contributed by atoms with Gasteiger partial charge in [-0.15, -0.1) is 0 Å². The molecule has 0 aromatic rings. The van der Waals surface area contributed by atoms with Crippen LogP contribution in [0.4, 0.5) is 0 Å². The molecule has 0 rings (SSSR count). The molecule has 118 valence electrons. The summed E-state index contributed by atoms with van der Waals surface area (Å²) in [5.41, 5.74) is -0.00479. The molecule has 0 aromatic heterocycles. The minimum atomic E-state index is -0.136. The number of carbonyl (C=O) groups is 2. The summed E-state index contributed by atoms with van der Waals surface area (Å²) in [7, 11) is 0. The molecule has 1 amide bonds. The Bertz CT molecular complexity index is 316. The van der Waals surface area contributed by atoms with E-state index in [4.69, 9.17) is 4.74 Å². The third-order valence-electron chi connectivity index (χ3n) is 3.62. The first kappa shape index (κ1) is 19.3. The topological polar surface area (TPSA) is 55.4 Å². The molecule has 1 unspecified atom stereocenters. The molecule has 0 saturated heterocycles. The highest BCUT2D eigenvalue weighted by atomic mass is 32.2. The third-order valence-corrected chi connectivity index (χ3v) is 4.89. The predicted molar refractivity (Wildman–Crippen MR) is 84.8 cm³/mol. The smallest absolute Gasteiger partial charge is 0.293 e. The minimum absolute atomic E-state index is 0.00479. The molecule has 0 radical (unpaired) electrons. The number of amides is 1. The standard InChI is InChI=1S/C15H29NO3S/c1-7-14(2,3)9-13(18)16-12(10-19-11-17)8-15(4,5)20-6/h11-12H,7-10H2,1-6H3,(H,16,18). The lowest BCUT2D eigenvalue weighted by Gasteiger charge is -2.29. The van der Waals surface area contributed by atoms with Crippen molar-refractivity contribution in [1.82, 2.24) is 5.32 Å². The molecule has 0 aromatic carbocycles. The maximum atomic E-state index is 12.1. The summed E-state index contributed by atoms with van der Waals surface area (Å²) in [6, 6.07) is -0.136. The summed E-state index contributed by atoms with van der Waals surface area (Å²) in [6.07, 6.45) is 4.24. The summed E-state index contributed by atoms with van der Waals surface area (Å²) in [6.45, 7) is 11.1. The van der Waals surface area contributed by atoms with Gasteiger partial charge in [0.2, 0.25) is 5.91 Å². The highest BCUT2D eigenvalue weighted by Crippen LogP contribution is 2.28. The van der Waals surface area contributed by atoms with Gasteiger partial charge in [0.25, 0.3) is 6.47 Å². The molecule has 0 aliphatic rings. The predicted octanol–water partition coefficient (Wildman–Crippen LogP) is 3.00. The normalized spacial score (nSPS) is 13.7. The second-order valence-electron chi connectivity index (χ2n) is 6.56. The molecule has 5 heteroatoms. The first-order valence-electron chi connectivity index (χ1n) is 7.05. The monoisotopic (exact) mass is 303 g/mol. The van der Waals surface area contributed by atoms with Gasteiger partial charge in [0, 0.05) is 11.2 Å². The highest BCUT2D eigenvalue weighted by Gasteiger charge is 2.26. The second-order valence-corrected chi connectivity index (χ2v) is 8.07. The summed E-state index contributed by atoms with van der Waals surface area (Å²) < 4.78 is 4.87. The van der Waals surface area contributed by atoms with Crippen LogP contribution in [0.5, 0.6) is 0 Å². The van der Waals surface area contributed by atoms with Crippen molar-refractivity contribution < 1.29 is 14.3 Å². The van der Waals surface area contributed by atoms with Crippen molar-refractivity contribution in [2.75, 3.05) is 12.9 Å². The van der Waals surface area contributed by atoms with Crippen molar-refractivity contribution in [3.05, 3.63) is 0 Å². The van der Waals surface area contributed by atoms with Crippen LogP contribution >= 0.6 is 11.8 Å². The van der Waals surface area contributed by atoms with Crippen LogP contribution in [-0.4, -0.2) is 36.0 Å². The van der Waals surface area contributed by atoms with E-state index in [2.05, 4.69) is 39.9 Å². The lowest BCUT2D eigenvalue weighted by molar-refractivity contribution is -0.131. The van der Waals surface area contributed by atoms with Crippen LogP contribution in [0.1, 0.15) is 53.9 Å². The molecule has 0 aliphatic carbocycles. The van der Waals surface area contributed by atoms with Gasteiger partial charge in [0.1, 0.15) is 6.61 Å². The van der Waals surface area contributed by atoms with Gasteiger partial charge < -0.3 is 10.1 Å². The zero-order chi connectivity index (χ0) is 15.8. The SMILES string of the molecule is CCC(C)(C)CC(=O)NC(COC=O)CC(C)(C)SC. The Morgan fingerprint density at radius 3 is 2.40 bits per heavy atom. The van der Waals surface area contributed by atoms with Crippen molar-refractivity contribution >= 4 is 24.1 Å². The molecule has 20 heavy (non-hydrogen) atoms. The quantitative estimate of drug-likeness (QED) is 0.630. The third kappa shape index (κ3) is 8.46. The van der Waals surface area contributed by atoms with Crippen LogP contribution in [0.3, 0.4) is 0 Å². The number of rotatable bonds is 10. The molecule has 0 spiro atoms. The van der Waals surface area contributed by atoms with Crippen LogP contribution in [0, 0.1) is 5.41 Å². The van der Waals surface area contributed by atoms with Crippen LogP contribution < -0.4 is 5.32 Å². The van der Waals surface area contributed by atoms with Crippen LogP contribution in [0.25, 0.3) is 0 Å². The van der Waals surface area contributed by atoms with E-state index >= 15 is 0 Å². The number of nitrogens with one attached hydrogen (secondary N) is 1. The van der Waals surface area contributed by atoms with Crippen molar-refractivity contribution in [3.8, 4) is 0 Å². The fourth-order valence-electron chi connectivity index (χ4n) is 1.82. The zero-order valence-corrected chi connectivity index (χ0v) is 14.4. The lowest BCUT2D eigenvalue weighted by Crippen LogP contribution is -2.43. The van der Waals surface area contributed by atoms with Crippen LogP contribution in [-0.2, 0) is 14.3 Å². The Morgan fingerprint density at radius 2 is 1.95 bits per heavy atom. The molecule has 0 saturated carbocycles. The molecule has 1 N–H and O–H groups in total. The summed E-state index contributed by atoms with van der Waals surface area (Å²) in [5, 5.41) is 3.00. The van der Waals surface area contributed by atoms with Crippen molar-refractivity contribution in [2.24, 2.45) is 5.41 Å². The molecule has 0 fully saturated rings. The van der Waals surface area contributed by atoms with Gasteiger partial charge in [-0.05, 0) is 18.1 Å². The van der Waals surface area contributed by atoms with Gasteiger partial charge in [-0.3, -0.25) is 9.59 Å². The van der Waals surface area contributed by atoms with Gasteiger partial charge >= 0.3 is 0 Å². The minimum Gasteiger partial charge on any atom is -0.466 e. The maximum absolute atomic E-state index is 12.1. The van der Waals surface area contributed by atoms with Crippen LogP contribution in [0.2, 0.25) is 0 Å². The first-order valence-corrected chi connectivity index (χ1v) is 8.28. The Balaban J connectivity index is 4.56. The van der Waals surface area contributed by atoms with E-state index in [0.717, 1.165) is 12.8 Å². The van der Waals surface area contributed by atoms with Gasteiger partial charge in [-0.1, -0.05) is 41.0 Å². The van der Waals surface area contributed by atoms with Crippen molar-refractivity contribution in [1.29, 1.82) is 0 Å². The van der Waals surface area contributed by atoms with Gasteiger partial charge in [-0.2, -0.15) is 11.8 Å². The Kier molecular flexibility index (Phi) is 8.25. The summed E-state index contributed by atoms with van der Waals surface area (Å²) in [5.74, 6) is 0.0215. The fraction of sp³-hybridized carbons (Fsp3) is 0.867. The molecule has 4 nitrogen and oxygen atoms in total. The van der Waals surface area contributed by atoms with Gasteiger partial charge in [0.05, 0.1) is 6.04 Å². The first-order chi connectivity index (χ1) is 9.15. The lowest BCUT2D eigenvalue weighted by atomic mass is 9.86. The maximum Gasteiger partial charge on any atom is 0.293 e. The molecule has 0 aliphatic heterocycles. The summed E-state index contributed by atoms with van der Waals surface area (Å²) >= 11 is 1.74. The van der Waals surface area contributed by atoms with Gasteiger partial charge in [-0.25, -0.2) is 0 Å². The van der Waals surface area contributed by atoms with E-state index < -0.39 is 0 Å². The van der Waals surface area contributed by atoms with E-state index in [0.29, 0.717) is 12.9 Å². The van der Waals surface area contributed by atoms with Crippen molar-refractivity contribution in [2.45, 2.75) is 64.7 Å². The number of thioether (sulfide) groups is 1. The van der Waals surface area contributed by atoms with Crippen LogP contribution in [0.15, 0.2) is 0 Å². The molecule has 0 heterocycles. The largest absolute Gasteiger partial charge is 0.466 e. The molecule has 1 atom stereocenters. The van der Waals surface area contributed by atoms with Gasteiger partial charge in [0.15, 0.2) is 0 Å². The molecular formula is C15H29NO3S. The Morgan fingerprint density at radius 1 is 1.35 bits per heavy atom. The zero-order valence-electron chi connectivity index (χ0n) is 13.6.